The zero-order chi connectivity index (χ0) is 13.7. The van der Waals surface area contributed by atoms with Crippen LogP contribution in [0.5, 0.6) is 0 Å². The Morgan fingerprint density at radius 2 is 2.00 bits per heavy atom. The van der Waals surface area contributed by atoms with Gasteiger partial charge in [0, 0.05) is 25.2 Å². The van der Waals surface area contributed by atoms with Crippen LogP contribution in [-0.2, 0) is 0 Å². The maximum Gasteiger partial charge on any atom is 0.321 e. The number of hydrogen-bond donors (Lipinski definition) is 2. The molecule has 1 rings (SSSR count). The Hall–Kier alpha value is -1.62. The van der Waals surface area contributed by atoms with Crippen LogP contribution in [0.15, 0.2) is 24.3 Å². The van der Waals surface area contributed by atoms with E-state index in [0.717, 1.165) is 11.3 Å². The first kappa shape index (κ1) is 14.4. The maximum atomic E-state index is 12.0. The molecule has 0 aliphatic rings. The molecule has 1 aromatic rings. The number of urea groups is 1. The molecule has 1 unspecified atom stereocenters. The Balaban J connectivity index is 2.59. The molecule has 4 nitrogen and oxygen atoms in total. The molecule has 0 saturated heterocycles. The fraction of sp³-hybridized carbons (Fsp3) is 0.385. The number of nitrogens with zero attached hydrogens (tertiary/aromatic N) is 1. The monoisotopic (exact) mass is 265 g/mol. The van der Waals surface area contributed by atoms with Crippen LogP contribution in [0, 0.1) is 6.92 Å². The number of thiocarbonyl (C=S) groups is 1. The smallest absolute Gasteiger partial charge is 0.321 e. The first-order valence-electron chi connectivity index (χ1n) is 5.79. The Morgan fingerprint density at radius 3 is 2.50 bits per heavy atom. The average Bonchev–Trinajstić information content (AvgIpc) is 2.30. The van der Waals surface area contributed by atoms with Crippen LogP contribution in [0.3, 0.4) is 0 Å². The van der Waals surface area contributed by atoms with Gasteiger partial charge in [-0.25, -0.2) is 4.79 Å². The largest absolute Gasteiger partial charge is 0.393 e. The van der Waals surface area contributed by atoms with E-state index in [0.29, 0.717) is 11.4 Å². The predicted octanol–water partition coefficient (Wildman–Crippen LogP) is 2.52. The van der Waals surface area contributed by atoms with E-state index in [1.165, 1.54) is 0 Å². The minimum atomic E-state index is -0.164. The number of carbonyl (C=O) groups excluding carboxylic acids is 1. The first-order valence-corrected chi connectivity index (χ1v) is 6.19. The van der Waals surface area contributed by atoms with Crippen LogP contribution < -0.4 is 11.1 Å². The molecule has 5 heteroatoms. The number of aryl methyl sites for hydroxylation is 1. The van der Waals surface area contributed by atoms with Gasteiger partial charge in [0.1, 0.15) is 0 Å². The molecule has 0 radical (unpaired) electrons. The van der Waals surface area contributed by atoms with Crippen molar-refractivity contribution in [3.63, 3.8) is 0 Å². The molecule has 0 fully saturated rings. The number of hydrogen-bond acceptors (Lipinski definition) is 2. The summed E-state index contributed by atoms with van der Waals surface area (Å²) >= 11 is 4.84. The number of anilines is 1. The molecule has 0 saturated carbocycles. The lowest BCUT2D eigenvalue weighted by atomic mass is 10.2. The van der Waals surface area contributed by atoms with Crippen molar-refractivity contribution in [2.75, 3.05) is 12.4 Å². The second kappa shape index (κ2) is 6.35. The van der Waals surface area contributed by atoms with E-state index in [2.05, 4.69) is 5.32 Å². The summed E-state index contributed by atoms with van der Waals surface area (Å²) in [6.07, 6.45) is 0.521. The van der Waals surface area contributed by atoms with Gasteiger partial charge in [-0.3, -0.25) is 0 Å². The van der Waals surface area contributed by atoms with Crippen LogP contribution in [0.1, 0.15) is 18.9 Å². The molecular formula is C13H19N3OS. The molecule has 18 heavy (non-hydrogen) atoms. The van der Waals surface area contributed by atoms with Gasteiger partial charge in [0.15, 0.2) is 0 Å². The molecular weight excluding hydrogens is 246 g/mol. The van der Waals surface area contributed by atoms with Gasteiger partial charge in [-0.15, -0.1) is 0 Å². The lowest BCUT2D eigenvalue weighted by molar-refractivity contribution is 0.209. The molecule has 0 heterocycles. The van der Waals surface area contributed by atoms with Crippen LogP contribution in [0.2, 0.25) is 0 Å². The molecule has 0 aromatic heterocycles. The van der Waals surface area contributed by atoms with Gasteiger partial charge >= 0.3 is 6.03 Å². The maximum absolute atomic E-state index is 12.0. The van der Waals surface area contributed by atoms with Gasteiger partial charge in [0.25, 0.3) is 0 Å². The second-order valence-electron chi connectivity index (χ2n) is 4.43. The quantitative estimate of drug-likeness (QED) is 0.822. The first-order chi connectivity index (χ1) is 8.40. The fourth-order valence-electron chi connectivity index (χ4n) is 1.48. The Morgan fingerprint density at radius 1 is 1.44 bits per heavy atom. The SMILES string of the molecule is Cc1ccc(NC(=O)N(C)C(C)CC(N)=S)cc1. The van der Waals surface area contributed by atoms with Crippen molar-refractivity contribution in [2.24, 2.45) is 5.73 Å². The van der Waals surface area contributed by atoms with E-state index in [1.807, 2.05) is 38.1 Å². The minimum absolute atomic E-state index is 0.0204. The van der Waals surface area contributed by atoms with E-state index in [4.69, 9.17) is 18.0 Å². The highest BCUT2D eigenvalue weighted by Crippen LogP contribution is 2.10. The van der Waals surface area contributed by atoms with Gasteiger partial charge in [0.05, 0.1) is 4.99 Å². The normalized spacial score (nSPS) is 11.7. The van der Waals surface area contributed by atoms with E-state index < -0.39 is 0 Å². The summed E-state index contributed by atoms with van der Waals surface area (Å²) in [4.78, 5) is 14.0. The number of carbonyl (C=O) groups is 1. The van der Waals surface area contributed by atoms with Gasteiger partial charge < -0.3 is 16.0 Å². The molecule has 0 bridgehead atoms. The predicted molar refractivity (Wildman–Crippen MR) is 78.8 cm³/mol. The highest BCUT2D eigenvalue weighted by molar-refractivity contribution is 7.80. The number of rotatable bonds is 4. The van der Waals surface area contributed by atoms with Crippen LogP contribution in [0.4, 0.5) is 10.5 Å². The highest BCUT2D eigenvalue weighted by Gasteiger charge is 2.16. The van der Waals surface area contributed by atoms with Gasteiger partial charge in [-0.2, -0.15) is 0 Å². The standard InChI is InChI=1S/C13H19N3OS/c1-9-4-6-11(7-5-9)15-13(17)16(3)10(2)8-12(14)18/h4-7,10H,8H2,1-3H3,(H2,14,18)(H,15,17). The van der Waals surface area contributed by atoms with Crippen molar-refractivity contribution in [1.29, 1.82) is 0 Å². The van der Waals surface area contributed by atoms with Crippen molar-refractivity contribution in [1.82, 2.24) is 4.90 Å². The third-order valence-corrected chi connectivity index (χ3v) is 2.95. The summed E-state index contributed by atoms with van der Waals surface area (Å²) in [5.41, 5.74) is 7.41. The minimum Gasteiger partial charge on any atom is -0.393 e. The van der Waals surface area contributed by atoms with Crippen molar-refractivity contribution in [3.8, 4) is 0 Å². The zero-order valence-corrected chi connectivity index (χ0v) is 11.8. The zero-order valence-electron chi connectivity index (χ0n) is 10.9. The highest BCUT2D eigenvalue weighted by atomic mass is 32.1. The summed E-state index contributed by atoms with van der Waals surface area (Å²) in [7, 11) is 1.73. The lowest BCUT2D eigenvalue weighted by Crippen LogP contribution is -2.40. The van der Waals surface area contributed by atoms with Crippen molar-refractivity contribution in [2.45, 2.75) is 26.3 Å². The van der Waals surface area contributed by atoms with E-state index in [9.17, 15) is 4.79 Å². The van der Waals surface area contributed by atoms with E-state index >= 15 is 0 Å². The average molecular weight is 265 g/mol. The summed E-state index contributed by atoms with van der Waals surface area (Å²) < 4.78 is 0. The molecule has 3 N–H and O–H groups in total. The number of benzene rings is 1. The molecule has 2 amide bonds. The summed E-state index contributed by atoms with van der Waals surface area (Å²) in [5.74, 6) is 0. The Kier molecular flexibility index (Phi) is 5.09. The second-order valence-corrected chi connectivity index (χ2v) is 4.95. The molecule has 1 aromatic carbocycles. The molecule has 0 spiro atoms. The van der Waals surface area contributed by atoms with Gasteiger partial charge in [0.2, 0.25) is 0 Å². The number of amides is 2. The fourth-order valence-corrected chi connectivity index (χ4v) is 1.72. The molecule has 98 valence electrons. The van der Waals surface area contributed by atoms with Gasteiger partial charge in [-0.1, -0.05) is 29.9 Å². The Bertz CT molecular complexity index is 430. The lowest BCUT2D eigenvalue weighted by Gasteiger charge is -2.24. The van der Waals surface area contributed by atoms with Crippen LogP contribution >= 0.6 is 12.2 Å². The molecule has 0 aliphatic carbocycles. The van der Waals surface area contributed by atoms with E-state index in [-0.39, 0.29) is 12.1 Å². The summed E-state index contributed by atoms with van der Waals surface area (Å²) in [6.45, 7) is 3.91. The van der Waals surface area contributed by atoms with Crippen LogP contribution in [-0.4, -0.2) is 29.0 Å². The van der Waals surface area contributed by atoms with Crippen molar-refractivity contribution >= 4 is 28.9 Å². The number of nitrogens with one attached hydrogen (secondary N) is 1. The van der Waals surface area contributed by atoms with E-state index in [1.54, 1.807) is 11.9 Å². The summed E-state index contributed by atoms with van der Waals surface area (Å²) in [5, 5.41) is 2.83. The number of nitrogens with two attached hydrogens (primary N) is 1. The third kappa shape index (κ3) is 4.33. The van der Waals surface area contributed by atoms with Gasteiger partial charge in [-0.05, 0) is 26.0 Å². The molecule has 0 aliphatic heterocycles. The third-order valence-electron chi connectivity index (χ3n) is 2.78. The summed E-state index contributed by atoms with van der Waals surface area (Å²) in [6, 6.07) is 7.47. The Labute approximate surface area is 113 Å². The topological polar surface area (TPSA) is 58.4 Å². The van der Waals surface area contributed by atoms with Crippen molar-refractivity contribution in [3.05, 3.63) is 29.8 Å². The molecule has 1 atom stereocenters. The van der Waals surface area contributed by atoms with Crippen LogP contribution in [0.25, 0.3) is 0 Å². The van der Waals surface area contributed by atoms with Crippen molar-refractivity contribution < 1.29 is 4.79 Å².